The van der Waals surface area contributed by atoms with Gasteiger partial charge in [0.25, 0.3) is 0 Å². The number of piperidine rings is 1. The Bertz CT molecular complexity index is 1420. The Labute approximate surface area is 216 Å². The van der Waals surface area contributed by atoms with Gasteiger partial charge in [-0.3, -0.25) is 9.38 Å². The van der Waals surface area contributed by atoms with Crippen molar-refractivity contribution < 1.29 is 9.13 Å². The van der Waals surface area contributed by atoms with Gasteiger partial charge >= 0.3 is 0 Å². The summed E-state index contributed by atoms with van der Waals surface area (Å²) in [5.74, 6) is 0.600. The van der Waals surface area contributed by atoms with Gasteiger partial charge in [-0.05, 0) is 76.2 Å². The van der Waals surface area contributed by atoms with E-state index in [1.807, 2.05) is 24.3 Å². The van der Waals surface area contributed by atoms with E-state index in [9.17, 15) is 0 Å². The molecule has 2 aromatic carbocycles. The minimum Gasteiger partial charge on any atom is -0.372 e. The molecule has 0 radical (unpaired) electrons. The molecule has 2 saturated heterocycles. The molecule has 0 spiro atoms. The number of halogens is 1. The summed E-state index contributed by atoms with van der Waals surface area (Å²) in [6.07, 6.45) is 4.05. The highest BCUT2D eigenvalue weighted by Crippen LogP contribution is 2.31. The summed E-state index contributed by atoms with van der Waals surface area (Å²) in [6, 6.07) is 12.2. The van der Waals surface area contributed by atoms with Crippen LogP contribution in [-0.2, 0) is 4.74 Å². The van der Waals surface area contributed by atoms with Gasteiger partial charge in [0.2, 0.25) is 5.95 Å². The highest BCUT2D eigenvalue weighted by Gasteiger charge is 2.27. The molecular formula is C28H34FN7O. The Morgan fingerprint density at radius 2 is 1.62 bits per heavy atom. The van der Waals surface area contributed by atoms with Crippen LogP contribution in [0.25, 0.3) is 27.8 Å². The Morgan fingerprint density at radius 3 is 2.32 bits per heavy atom. The van der Waals surface area contributed by atoms with Crippen molar-refractivity contribution >= 4 is 28.3 Å². The van der Waals surface area contributed by atoms with E-state index >= 15 is 4.39 Å². The SMILES string of the molecule is C[C@@H]1CN(c2nnc3cnc4ccc(-c5ccc(N6CCC(N(C)C)CC6)c(F)c5)cc4n23)C[C@H](C)O1. The summed E-state index contributed by atoms with van der Waals surface area (Å²) in [7, 11) is 4.24. The summed E-state index contributed by atoms with van der Waals surface area (Å²) in [5, 5.41) is 8.90. The van der Waals surface area contributed by atoms with Crippen molar-refractivity contribution in [1.82, 2.24) is 24.5 Å². The van der Waals surface area contributed by atoms with E-state index in [-0.39, 0.29) is 18.0 Å². The summed E-state index contributed by atoms with van der Waals surface area (Å²) < 4.78 is 23.3. The van der Waals surface area contributed by atoms with E-state index in [2.05, 4.69) is 68.3 Å². The van der Waals surface area contributed by atoms with Crippen LogP contribution < -0.4 is 9.80 Å². The average Bonchev–Trinajstić information content (AvgIpc) is 3.33. The monoisotopic (exact) mass is 503 g/mol. The minimum absolute atomic E-state index is 0.106. The molecular weight excluding hydrogens is 469 g/mol. The molecule has 2 aromatic heterocycles. The zero-order chi connectivity index (χ0) is 25.7. The van der Waals surface area contributed by atoms with Crippen LogP contribution in [0.2, 0.25) is 0 Å². The first kappa shape index (κ1) is 24.1. The molecule has 0 amide bonds. The van der Waals surface area contributed by atoms with Crippen LogP contribution in [0.15, 0.2) is 42.6 Å². The summed E-state index contributed by atoms with van der Waals surface area (Å²) in [5.41, 5.74) is 4.88. The zero-order valence-electron chi connectivity index (χ0n) is 21.9. The van der Waals surface area contributed by atoms with Gasteiger partial charge in [0, 0.05) is 32.2 Å². The topological polar surface area (TPSA) is 62.0 Å². The van der Waals surface area contributed by atoms with E-state index < -0.39 is 0 Å². The van der Waals surface area contributed by atoms with Crippen molar-refractivity contribution in [2.75, 3.05) is 50.1 Å². The van der Waals surface area contributed by atoms with Gasteiger partial charge in [-0.2, -0.15) is 0 Å². The Balaban J connectivity index is 1.34. The molecule has 2 fully saturated rings. The van der Waals surface area contributed by atoms with Crippen LogP contribution in [0.3, 0.4) is 0 Å². The third-order valence-electron chi connectivity index (χ3n) is 7.73. The lowest BCUT2D eigenvalue weighted by Gasteiger charge is -2.36. The largest absolute Gasteiger partial charge is 0.372 e. The number of hydrogen-bond donors (Lipinski definition) is 0. The predicted molar refractivity (Wildman–Crippen MR) is 145 cm³/mol. The third-order valence-corrected chi connectivity index (χ3v) is 7.73. The van der Waals surface area contributed by atoms with Crippen molar-refractivity contribution in [2.24, 2.45) is 0 Å². The fraction of sp³-hybridized carbons (Fsp3) is 0.464. The molecule has 6 rings (SSSR count). The molecule has 0 bridgehead atoms. The van der Waals surface area contributed by atoms with Gasteiger partial charge in [-0.1, -0.05) is 12.1 Å². The van der Waals surface area contributed by atoms with Gasteiger partial charge in [0.1, 0.15) is 5.82 Å². The molecule has 2 aliphatic rings. The first-order chi connectivity index (χ1) is 17.9. The van der Waals surface area contributed by atoms with Crippen LogP contribution in [0.1, 0.15) is 26.7 Å². The maximum absolute atomic E-state index is 15.4. The maximum Gasteiger partial charge on any atom is 0.232 e. The van der Waals surface area contributed by atoms with Crippen LogP contribution in [-0.4, -0.2) is 83.0 Å². The van der Waals surface area contributed by atoms with Gasteiger partial charge in [-0.25, -0.2) is 4.39 Å². The van der Waals surface area contributed by atoms with Crippen molar-refractivity contribution in [2.45, 2.75) is 44.9 Å². The Hall–Kier alpha value is -3.30. The lowest BCUT2D eigenvalue weighted by molar-refractivity contribution is -0.00575. The summed E-state index contributed by atoms with van der Waals surface area (Å²) in [6.45, 7) is 7.38. The quantitative estimate of drug-likeness (QED) is 0.413. The van der Waals surface area contributed by atoms with Crippen molar-refractivity contribution in [1.29, 1.82) is 0 Å². The second kappa shape index (κ2) is 9.54. The average molecular weight is 504 g/mol. The maximum atomic E-state index is 15.4. The number of nitrogens with zero attached hydrogens (tertiary/aromatic N) is 7. The summed E-state index contributed by atoms with van der Waals surface area (Å²) in [4.78, 5) is 11.2. The number of hydrogen-bond acceptors (Lipinski definition) is 7. The molecule has 194 valence electrons. The van der Waals surface area contributed by atoms with E-state index in [1.54, 1.807) is 12.3 Å². The second-order valence-corrected chi connectivity index (χ2v) is 10.7. The fourth-order valence-corrected chi connectivity index (χ4v) is 5.83. The number of aromatic nitrogens is 4. The number of fused-ring (bicyclic) bond motifs is 3. The molecule has 2 aliphatic heterocycles. The van der Waals surface area contributed by atoms with E-state index in [1.165, 1.54) is 0 Å². The smallest absolute Gasteiger partial charge is 0.232 e. The van der Waals surface area contributed by atoms with Gasteiger partial charge in [-0.15, -0.1) is 10.2 Å². The summed E-state index contributed by atoms with van der Waals surface area (Å²) >= 11 is 0. The number of morpholine rings is 1. The number of rotatable bonds is 4. The minimum atomic E-state index is -0.182. The Kier molecular flexibility index (Phi) is 6.20. The molecule has 0 unspecified atom stereocenters. The molecule has 8 nitrogen and oxygen atoms in total. The molecule has 0 N–H and O–H groups in total. The molecule has 2 atom stereocenters. The lowest BCUT2D eigenvalue weighted by Crippen LogP contribution is -2.46. The van der Waals surface area contributed by atoms with Crippen molar-refractivity contribution in [3.63, 3.8) is 0 Å². The lowest BCUT2D eigenvalue weighted by atomic mass is 10.0. The highest BCUT2D eigenvalue weighted by molar-refractivity contribution is 5.84. The number of ether oxygens (including phenoxy) is 1. The molecule has 0 aliphatic carbocycles. The number of benzene rings is 2. The van der Waals surface area contributed by atoms with E-state index in [4.69, 9.17) is 4.74 Å². The Morgan fingerprint density at radius 1 is 0.919 bits per heavy atom. The molecule has 4 aromatic rings. The van der Waals surface area contributed by atoms with Crippen LogP contribution >= 0.6 is 0 Å². The van der Waals surface area contributed by atoms with Crippen molar-refractivity contribution in [3.05, 3.63) is 48.4 Å². The second-order valence-electron chi connectivity index (χ2n) is 10.7. The van der Waals surface area contributed by atoms with Gasteiger partial charge in [0.05, 0.1) is 35.1 Å². The van der Waals surface area contributed by atoms with Gasteiger partial charge in [0.15, 0.2) is 5.65 Å². The van der Waals surface area contributed by atoms with Crippen LogP contribution in [0, 0.1) is 5.82 Å². The highest BCUT2D eigenvalue weighted by atomic mass is 19.1. The van der Waals surface area contributed by atoms with Crippen LogP contribution in [0.5, 0.6) is 0 Å². The van der Waals surface area contributed by atoms with E-state index in [0.717, 1.165) is 67.1 Å². The predicted octanol–water partition coefficient (Wildman–Crippen LogP) is 4.23. The number of anilines is 2. The molecule has 0 saturated carbocycles. The van der Waals surface area contributed by atoms with Gasteiger partial charge < -0.3 is 19.4 Å². The molecule has 4 heterocycles. The normalized spacial score (nSPS) is 21.5. The standard InChI is InChI=1S/C28H34FN7O/c1-18-16-35(17-19(2)37-18)28-32-31-27-15-30-24-7-5-21(14-26(24)36(27)28)20-6-8-25(23(29)13-20)34-11-9-22(10-12-34)33(3)4/h5-8,13-15,18-19,22H,9-12,16-17H2,1-4H3/t18-,19+. The molecule has 9 heteroatoms. The van der Waals surface area contributed by atoms with E-state index in [0.29, 0.717) is 17.4 Å². The first-order valence-electron chi connectivity index (χ1n) is 13.1. The third kappa shape index (κ3) is 4.51. The van der Waals surface area contributed by atoms with Crippen molar-refractivity contribution in [3.8, 4) is 11.1 Å². The fourth-order valence-electron chi connectivity index (χ4n) is 5.83. The first-order valence-corrected chi connectivity index (χ1v) is 13.1. The molecule has 37 heavy (non-hydrogen) atoms. The van der Waals surface area contributed by atoms with Crippen LogP contribution in [0.4, 0.5) is 16.0 Å². The zero-order valence-corrected chi connectivity index (χ0v) is 21.9.